The standard InChI is InChI=1S/C21H20N4O4S/c1-3-29-19(27)14-9-11-16(12-10-14)23-18(26)17-13(2)22-21(30-17)25-20(28)24-15-7-5-4-6-8-15/h4-12H,3H2,1-2H3,(H,23,26)(H2,22,24,25,28). The van der Waals surface area contributed by atoms with E-state index >= 15 is 0 Å². The van der Waals surface area contributed by atoms with Gasteiger partial charge in [0.15, 0.2) is 5.13 Å². The van der Waals surface area contributed by atoms with Crippen molar-refractivity contribution in [2.75, 3.05) is 22.6 Å². The van der Waals surface area contributed by atoms with E-state index in [0.29, 0.717) is 39.2 Å². The molecule has 0 aliphatic rings. The zero-order chi connectivity index (χ0) is 21.5. The predicted octanol–water partition coefficient (Wildman–Crippen LogP) is 4.52. The number of hydrogen-bond acceptors (Lipinski definition) is 6. The number of amides is 3. The highest BCUT2D eigenvalue weighted by atomic mass is 32.1. The maximum Gasteiger partial charge on any atom is 0.338 e. The highest BCUT2D eigenvalue weighted by Crippen LogP contribution is 2.24. The number of esters is 1. The van der Waals surface area contributed by atoms with Crippen LogP contribution in [0.3, 0.4) is 0 Å². The molecule has 0 unspecified atom stereocenters. The fourth-order valence-corrected chi connectivity index (χ4v) is 3.39. The van der Waals surface area contributed by atoms with Crippen molar-refractivity contribution in [3.8, 4) is 0 Å². The lowest BCUT2D eigenvalue weighted by Crippen LogP contribution is -2.19. The van der Waals surface area contributed by atoms with Gasteiger partial charge in [0.25, 0.3) is 5.91 Å². The first kappa shape index (κ1) is 21.0. The van der Waals surface area contributed by atoms with Crippen LogP contribution in [0.2, 0.25) is 0 Å². The number of aromatic nitrogens is 1. The van der Waals surface area contributed by atoms with Crippen LogP contribution in [-0.4, -0.2) is 29.5 Å². The van der Waals surface area contributed by atoms with Gasteiger partial charge in [0.1, 0.15) is 4.88 Å². The van der Waals surface area contributed by atoms with Gasteiger partial charge < -0.3 is 15.4 Å². The van der Waals surface area contributed by atoms with E-state index in [1.54, 1.807) is 50.2 Å². The Morgan fingerprint density at radius 2 is 1.60 bits per heavy atom. The SMILES string of the molecule is CCOC(=O)c1ccc(NC(=O)c2sc(NC(=O)Nc3ccccc3)nc2C)cc1. The summed E-state index contributed by atoms with van der Waals surface area (Å²) >= 11 is 1.07. The number of thiazole rings is 1. The number of urea groups is 1. The van der Waals surface area contributed by atoms with E-state index in [-0.39, 0.29) is 5.91 Å². The highest BCUT2D eigenvalue weighted by molar-refractivity contribution is 7.17. The van der Waals surface area contributed by atoms with Crippen molar-refractivity contribution >= 4 is 45.8 Å². The molecule has 1 heterocycles. The normalized spacial score (nSPS) is 10.2. The van der Waals surface area contributed by atoms with Gasteiger partial charge >= 0.3 is 12.0 Å². The van der Waals surface area contributed by atoms with Crippen LogP contribution in [0.4, 0.5) is 21.3 Å². The average Bonchev–Trinajstić information content (AvgIpc) is 3.09. The molecule has 0 aliphatic heterocycles. The molecule has 3 aromatic rings. The molecule has 0 saturated heterocycles. The first-order valence-corrected chi connectivity index (χ1v) is 9.97. The topological polar surface area (TPSA) is 109 Å². The Kier molecular flexibility index (Phi) is 6.76. The van der Waals surface area contributed by atoms with Gasteiger partial charge in [-0.25, -0.2) is 14.6 Å². The lowest BCUT2D eigenvalue weighted by atomic mass is 10.2. The van der Waals surface area contributed by atoms with Crippen LogP contribution in [0.25, 0.3) is 0 Å². The summed E-state index contributed by atoms with van der Waals surface area (Å²) in [5.74, 6) is -0.774. The lowest BCUT2D eigenvalue weighted by molar-refractivity contribution is 0.0526. The molecule has 3 N–H and O–H groups in total. The van der Waals surface area contributed by atoms with Crippen LogP contribution in [0.15, 0.2) is 54.6 Å². The van der Waals surface area contributed by atoms with E-state index in [1.807, 2.05) is 18.2 Å². The fourth-order valence-electron chi connectivity index (χ4n) is 2.53. The maximum absolute atomic E-state index is 12.6. The Labute approximate surface area is 177 Å². The molecular weight excluding hydrogens is 404 g/mol. The lowest BCUT2D eigenvalue weighted by Gasteiger charge is -2.06. The Balaban J connectivity index is 1.62. The molecule has 30 heavy (non-hydrogen) atoms. The molecular formula is C21H20N4O4S. The number of carbonyl (C=O) groups is 3. The van der Waals surface area contributed by atoms with Gasteiger partial charge in [-0.15, -0.1) is 0 Å². The number of ether oxygens (including phenoxy) is 1. The zero-order valence-corrected chi connectivity index (χ0v) is 17.2. The minimum atomic E-state index is -0.448. The van der Waals surface area contributed by atoms with Gasteiger partial charge in [0.05, 0.1) is 17.9 Å². The largest absolute Gasteiger partial charge is 0.462 e. The van der Waals surface area contributed by atoms with Gasteiger partial charge in [-0.2, -0.15) is 0 Å². The molecule has 0 bridgehead atoms. The molecule has 0 saturated carbocycles. The van der Waals surface area contributed by atoms with E-state index in [9.17, 15) is 14.4 Å². The smallest absolute Gasteiger partial charge is 0.338 e. The van der Waals surface area contributed by atoms with E-state index in [1.165, 1.54) is 0 Å². The van der Waals surface area contributed by atoms with Crippen molar-refractivity contribution in [1.29, 1.82) is 0 Å². The Bertz CT molecular complexity index is 1050. The van der Waals surface area contributed by atoms with Crippen molar-refractivity contribution < 1.29 is 19.1 Å². The number of anilines is 3. The molecule has 2 aromatic carbocycles. The molecule has 0 fully saturated rings. The van der Waals surface area contributed by atoms with Gasteiger partial charge in [0.2, 0.25) is 0 Å². The summed E-state index contributed by atoms with van der Waals surface area (Å²) in [6, 6.07) is 14.9. The second-order valence-corrected chi connectivity index (χ2v) is 7.13. The molecule has 0 aliphatic carbocycles. The highest BCUT2D eigenvalue weighted by Gasteiger charge is 2.17. The number of carbonyl (C=O) groups excluding carboxylic acids is 3. The van der Waals surface area contributed by atoms with Crippen LogP contribution >= 0.6 is 11.3 Å². The molecule has 8 nitrogen and oxygen atoms in total. The molecule has 0 atom stereocenters. The molecule has 1 aromatic heterocycles. The number of nitrogens with zero attached hydrogens (tertiary/aromatic N) is 1. The first-order chi connectivity index (χ1) is 14.5. The van der Waals surface area contributed by atoms with Crippen LogP contribution < -0.4 is 16.0 Å². The summed E-state index contributed by atoms with van der Waals surface area (Å²) in [5, 5.41) is 8.38. The fraction of sp³-hybridized carbons (Fsp3) is 0.143. The molecule has 3 amide bonds. The predicted molar refractivity (Wildman–Crippen MR) is 116 cm³/mol. The summed E-state index contributed by atoms with van der Waals surface area (Å²) in [5.41, 5.74) is 2.07. The van der Waals surface area contributed by atoms with Crippen LogP contribution in [0.5, 0.6) is 0 Å². The summed E-state index contributed by atoms with van der Waals surface area (Å²) in [7, 11) is 0. The Morgan fingerprint density at radius 1 is 0.933 bits per heavy atom. The average molecular weight is 424 g/mol. The number of aryl methyl sites for hydroxylation is 1. The summed E-state index contributed by atoms with van der Waals surface area (Å²) in [4.78, 5) is 41.0. The number of nitrogens with one attached hydrogen (secondary N) is 3. The van der Waals surface area contributed by atoms with Crippen molar-refractivity contribution in [3.05, 3.63) is 70.7 Å². The van der Waals surface area contributed by atoms with Gasteiger partial charge in [-0.1, -0.05) is 29.5 Å². The summed E-state index contributed by atoms with van der Waals surface area (Å²) < 4.78 is 4.93. The molecule has 9 heteroatoms. The molecule has 3 rings (SSSR count). The minimum Gasteiger partial charge on any atom is -0.462 e. The minimum absolute atomic E-state index is 0.293. The van der Waals surface area contributed by atoms with Crippen LogP contribution in [0.1, 0.15) is 32.6 Å². The quantitative estimate of drug-likeness (QED) is 0.504. The van der Waals surface area contributed by atoms with Gasteiger partial charge in [0, 0.05) is 11.4 Å². The van der Waals surface area contributed by atoms with E-state index in [2.05, 4.69) is 20.9 Å². The number of benzene rings is 2. The molecule has 154 valence electrons. The zero-order valence-electron chi connectivity index (χ0n) is 16.4. The van der Waals surface area contributed by atoms with Crippen molar-refractivity contribution in [2.24, 2.45) is 0 Å². The van der Waals surface area contributed by atoms with Gasteiger partial charge in [-0.3, -0.25) is 10.1 Å². The summed E-state index contributed by atoms with van der Waals surface area (Å²) in [6.07, 6.45) is 0. The second kappa shape index (κ2) is 9.66. The first-order valence-electron chi connectivity index (χ1n) is 9.15. The molecule has 0 radical (unpaired) electrons. The third-order valence-corrected chi connectivity index (χ3v) is 4.98. The monoisotopic (exact) mass is 424 g/mol. The molecule has 0 spiro atoms. The van der Waals surface area contributed by atoms with E-state index < -0.39 is 12.0 Å². The number of hydrogen-bond donors (Lipinski definition) is 3. The third kappa shape index (κ3) is 5.42. The van der Waals surface area contributed by atoms with Crippen molar-refractivity contribution in [3.63, 3.8) is 0 Å². The maximum atomic E-state index is 12.6. The third-order valence-electron chi connectivity index (χ3n) is 3.91. The van der Waals surface area contributed by atoms with Crippen molar-refractivity contribution in [2.45, 2.75) is 13.8 Å². The van der Waals surface area contributed by atoms with Crippen molar-refractivity contribution in [1.82, 2.24) is 4.98 Å². The number of para-hydroxylation sites is 1. The van der Waals surface area contributed by atoms with Crippen LogP contribution in [0, 0.1) is 6.92 Å². The van der Waals surface area contributed by atoms with E-state index in [0.717, 1.165) is 11.3 Å². The summed E-state index contributed by atoms with van der Waals surface area (Å²) in [6.45, 7) is 3.72. The van der Waals surface area contributed by atoms with Gasteiger partial charge in [-0.05, 0) is 50.2 Å². The second-order valence-electron chi connectivity index (χ2n) is 6.13. The number of rotatable bonds is 6. The van der Waals surface area contributed by atoms with E-state index in [4.69, 9.17) is 4.74 Å². The Morgan fingerprint density at radius 3 is 2.27 bits per heavy atom. The Hall–Kier alpha value is -3.72. The van der Waals surface area contributed by atoms with Crippen LogP contribution in [-0.2, 0) is 4.74 Å².